The number of benzene rings is 1. The number of Topliss-reactive ketones (excluding diaryl/α,β-unsaturated/α-hetero) is 1. The van der Waals surface area contributed by atoms with Crippen LogP contribution in [0.5, 0.6) is 5.75 Å². The molecule has 1 aromatic carbocycles. The first-order chi connectivity index (χ1) is 13.4. The SMILES string of the molecule is CCOC(=O)c1c(NC(=O)CCc2ccc(OCC)cc2)sc(C(C)=O)c1C. The van der Waals surface area contributed by atoms with Crippen LogP contribution in [0.4, 0.5) is 5.00 Å². The molecular weight excluding hydrogens is 378 g/mol. The summed E-state index contributed by atoms with van der Waals surface area (Å²) < 4.78 is 10.5. The van der Waals surface area contributed by atoms with E-state index in [0.717, 1.165) is 22.6 Å². The minimum Gasteiger partial charge on any atom is -0.494 e. The van der Waals surface area contributed by atoms with Crippen molar-refractivity contribution in [2.45, 2.75) is 40.5 Å². The van der Waals surface area contributed by atoms with Gasteiger partial charge in [-0.2, -0.15) is 0 Å². The molecule has 150 valence electrons. The number of hydrogen-bond donors (Lipinski definition) is 1. The van der Waals surface area contributed by atoms with Crippen LogP contribution in [0.3, 0.4) is 0 Å². The second-order valence-electron chi connectivity index (χ2n) is 6.16. The zero-order valence-electron chi connectivity index (χ0n) is 16.6. The first-order valence-corrected chi connectivity index (χ1v) is 10.0. The Morgan fingerprint density at radius 1 is 1.07 bits per heavy atom. The number of carbonyl (C=O) groups excluding carboxylic acids is 3. The van der Waals surface area contributed by atoms with E-state index in [2.05, 4.69) is 5.32 Å². The quantitative estimate of drug-likeness (QED) is 0.495. The third-order valence-electron chi connectivity index (χ3n) is 4.07. The molecule has 1 aromatic heterocycles. The Morgan fingerprint density at radius 2 is 1.75 bits per heavy atom. The van der Waals surface area contributed by atoms with Crippen LogP contribution in [0.1, 0.15) is 58.3 Å². The topological polar surface area (TPSA) is 81.7 Å². The summed E-state index contributed by atoms with van der Waals surface area (Å²) in [4.78, 5) is 37.0. The molecule has 2 aromatic rings. The minimum absolute atomic E-state index is 0.150. The van der Waals surface area contributed by atoms with Gasteiger partial charge in [0.15, 0.2) is 5.78 Å². The second-order valence-corrected chi connectivity index (χ2v) is 7.18. The van der Waals surface area contributed by atoms with Crippen molar-refractivity contribution >= 4 is 34.0 Å². The molecule has 0 atom stereocenters. The molecule has 0 fully saturated rings. The van der Waals surface area contributed by atoms with Crippen LogP contribution in [0, 0.1) is 6.92 Å². The van der Waals surface area contributed by atoms with E-state index in [4.69, 9.17) is 9.47 Å². The molecule has 1 heterocycles. The summed E-state index contributed by atoms with van der Waals surface area (Å²) in [5.74, 6) is -0.120. The van der Waals surface area contributed by atoms with Crippen LogP contribution in [0.2, 0.25) is 0 Å². The fraction of sp³-hybridized carbons (Fsp3) is 0.381. The fourth-order valence-electron chi connectivity index (χ4n) is 2.75. The van der Waals surface area contributed by atoms with Crippen molar-refractivity contribution < 1.29 is 23.9 Å². The predicted octanol–water partition coefficient (Wildman–Crippen LogP) is 4.41. The molecule has 0 unspecified atom stereocenters. The number of hydrogen-bond acceptors (Lipinski definition) is 6. The summed E-state index contributed by atoms with van der Waals surface area (Å²) in [5, 5.41) is 3.13. The Kier molecular flexibility index (Phi) is 7.75. The van der Waals surface area contributed by atoms with Gasteiger partial charge in [-0.25, -0.2) is 4.79 Å². The smallest absolute Gasteiger partial charge is 0.341 e. The fourth-order valence-corrected chi connectivity index (χ4v) is 3.86. The molecule has 1 amide bonds. The van der Waals surface area contributed by atoms with Crippen LogP contribution in [-0.4, -0.2) is 30.9 Å². The highest BCUT2D eigenvalue weighted by Gasteiger charge is 2.25. The van der Waals surface area contributed by atoms with Crippen molar-refractivity contribution in [3.05, 3.63) is 45.8 Å². The number of amides is 1. The molecule has 1 N–H and O–H groups in total. The molecule has 0 aliphatic heterocycles. The van der Waals surface area contributed by atoms with E-state index in [9.17, 15) is 14.4 Å². The van der Waals surface area contributed by atoms with Gasteiger partial charge in [-0.3, -0.25) is 9.59 Å². The van der Waals surface area contributed by atoms with Crippen molar-refractivity contribution in [1.82, 2.24) is 0 Å². The average Bonchev–Trinajstić information content (AvgIpc) is 2.98. The van der Waals surface area contributed by atoms with Gasteiger partial charge in [0, 0.05) is 6.42 Å². The number of rotatable bonds is 9. The molecule has 2 rings (SSSR count). The lowest BCUT2D eigenvalue weighted by atomic mass is 10.1. The van der Waals surface area contributed by atoms with Gasteiger partial charge in [0.1, 0.15) is 10.8 Å². The van der Waals surface area contributed by atoms with E-state index in [-0.39, 0.29) is 30.3 Å². The highest BCUT2D eigenvalue weighted by Crippen LogP contribution is 2.34. The maximum Gasteiger partial charge on any atom is 0.341 e. The molecule has 0 saturated carbocycles. The number of aryl methyl sites for hydroxylation is 1. The van der Waals surface area contributed by atoms with Gasteiger partial charge in [-0.15, -0.1) is 11.3 Å². The molecule has 0 aliphatic rings. The number of carbonyl (C=O) groups is 3. The number of ketones is 1. The lowest BCUT2D eigenvalue weighted by molar-refractivity contribution is -0.116. The number of thiophene rings is 1. The van der Waals surface area contributed by atoms with E-state index < -0.39 is 5.97 Å². The average molecular weight is 404 g/mol. The van der Waals surface area contributed by atoms with Gasteiger partial charge >= 0.3 is 5.97 Å². The molecule has 0 aliphatic carbocycles. The molecule has 0 spiro atoms. The highest BCUT2D eigenvalue weighted by molar-refractivity contribution is 7.18. The molecule has 7 heteroatoms. The third kappa shape index (κ3) is 5.42. The summed E-state index contributed by atoms with van der Waals surface area (Å²) in [6, 6.07) is 7.59. The molecule has 0 saturated heterocycles. The van der Waals surface area contributed by atoms with Crippen LogP contribution in [0.15, 0.2) is 24.3 Å². The molecule has 6 nitrogen and oxygen atoms in total. The van der Waals surface area contributed by atoms with E-state index >= 15 is 0 Å². The van der Waals surface area contributed by atoms with Crippen LogP contribution in [0.25, 0.3) is 0 Å². The van der Waals surface area contributed by atoms with Crippen LogP contribution in [-0.2, 0) is 16.0 Å². The number of esters is 1. The van der Waals surface area contributed by atoms with Crippen molar-refractivity contribution in [2.24, 2.45) is 0 Å². The van der Waals surface area contributed by atoms with Gasteiger partial charge in [0.25, 0.3) is 0 Å². The maximum absolute atomic E-state index is 12.4. The van der Waals surface area contributed by atoms with E-state index in [0.29, 0.717) is 28.5 Å². The van der Waals surface area contributed by atoms with Crippen LogP contribution < -0.4 is 10.1 Å². The molecule has 28 heavy (non-hydrogen) atoms. The summed E-state index contributed by atoms with van der Waals surface area (Å²) in [7, 11) is 0. The van der Waals surface area contributed by atoms with Crippen molar-refractivity contribution in [3.8, 4) is 5.75 Å². The third-order valence-corrected chi connectivity index (χ3v) is 5.38. The Bertz CT molecular complexity index is 854. The lowest BCUT2D eigenvalue weighted by Crippen LogP contribution is -2.15. The largest absolute Gasteiger partial charge is 0.494 e. The Hall–Kier alpha value is -2.67. The summed E-state index contributed by atoms with van der Waals surface area (Å²) in [6.07, 6.45) is 0.805. The van der Waals surface area contributed by atoms with Crippen molar-refractivity contribution in [2.75, 3.05) is 18.5 Å². The first kappa shape index (κ1) is 21.6. The van der Waals surface area contributed by atoms with E-state index in [1.54, 1.807) is 13.8 Å². The highest BCUT2D eigenvalue weighted by atomic mass is 32.1. The van der Waals surface area contributed by atoms with Crippen molar-refractivity contribution in [3.63, 3.8) is 0 Å². The minimum atomic E-state index is -0.537. The summed E-state index contributed by atoms with van der Waals surface area (Å²) in [6.45, 7) is 7.58. The lowest BCUT2D eigenvalue weighted by Gasteiger charge is -2.08. The number of ether oxygens (including phenoxy) is 2. The van der Waals surface area contributed by atoms with Gasteiger partial charge in [-0.05, 0) is 57.4 Å². The number of anilines is 1. The van der Waals surface area contributed by atoms with Gasteiger partial charge < -0.3 is 14.8 Å². The van der Waals surface area contributed by atoms with Crippen molar-refractivity contribution in [1.29, 1.82) is 0 Å². The van der Waals surface area contributed by atoms with E-state index in [1.165, 1.54) is 6.92 Å². The maximum atomic E-state index is 12.4. The zero-order chi connectivity index (χ0) is 20.7. The Morgan fingerprint density at radius 3 is 2.32 bits per heavy atom. The van der Waals surface area contributed by atoms with Gasteiger partial charge in [0.05, 0.1) is 23.7 Å². The normalized spacial score (nSPS) is 10.4. The standard InChI is InChI=1S/C21H25NO5S/c1-5-26-16-10-7-15(8-11-16)9-12-17(24)22-20-18(21(25)27-6-2)13(3)19(28-20)14(4)23/h7-8,10-11H,5-6,9,12H2,1-4H3,(H,22,24). The predicted molar refractivity (Wildman–Crippen MR) is 110 cm³/mol. The second kappa shape index (κ2) is 10.0. The monoisotopic (exact) mass is 403 g/mol. The number of nitrogens with one attached hydrogen (secondary N) is 1. The first-order valence-electron chi connectivity index (χ1n) is 9.20. The Balaban J connectivity index is 2.09. The van der Waals surface area contributed by atoms with Gasteiger partial charge in [0.2, 0.25) is 5.91 Å². The summed E-state index contributed by atoms with van der Waals surface area (Å²) >= 11 is 1.11. The summed E-state index contributed by atoms with van der Waals surface area (Å²) in [5.41, 5.74) is 1.81. The molecule has 0 radical (unpaired) electrons. The van der Waals surface area contributed by atoms with E-state index in [1.807, 2.05) is 31.2 Å². The Labute approximate surface area is 168 Å². The van der Waals surface area contributed by atoms with Gasteiger partial charge in [-0.1, -0.05) is 12.1 Å². The molecular formula is C21H25NO5S. The van der Waals surface area contributed by atoms with Crippen LogP contribution >= 0.6 is 11.3 Å². The molecule has 0 bridgehead atoms. The zero-order valence-corrected chi connectivity index (χ0v) is 17.4.